The van der Waals surface area contributed by atoms with Crippen molar-refractivity contribution < 1.29 is 33.4 Å². The number of amides is 1. The smallest absolute Gasteiger partial charge is 0.492 e. The van der Waals surface area contributed by atoms with Crippen LogP contribution in [0.3, 0.4) is 0 Å². The van der Waals surface area contributed by atoms with Crippen molar-refractivity contribution in [3.8, 4) is 11.5 Å². The van der Waals surface area contributed by atoms with Crippen LogP contribution in [0.25, 0.3) is 6.08 Å². The first-order valence-electron chi connectivity index (χ1n) is 10.6. The van der Waals surface area contributed by atoms with E-state index in [-0.39, 0.29) is 13.2 Å². The van der Waals surface area contributed by atoms with E-state index in [0.29, 0.717) is 28.1 Å². The van der Waals surface area contributed by atoms with Gasteiger partial charge in [0.2, 0.25) is 0 Å². The van der Waals surface area contributed by atoms with Crippen LogP contribution in [0.4, 0.5) is 4.79 Å². The van der Waals surface area contributed by atoms with E-state index in [2.05, 4.69) is 5.32 Å². The molecule has 2 N–H and O–H groups in total. The summed E-state index contributed by atoms with van der Waals surface area (Å²) in [5, 5.41) is 12.3. The minimum Gasteiger partial charge on any atom is -0.496 e. The van der Waals surface area contributed by atoms with Crippen molar-refractivity contribution in [1.82, 2.24) is 5.32 Å². The monoisotopic (exact) mass is 449 g/mol. The van der Waals surface area contributed by atoms with Gasteiger partial charge in [-0.2, -0.15) is 0 Å². The number of benzene rings is 1. The van der Waals surface area contributed by atoms with Gasteiger partial charge in [-0.15, -0.1) is 0 Å². The van der Waals surface area contributed by atoms with E-state index in [4.69, 9.17) is 23.5 Å². The molecule has 1 aromatic carbocycles. The van der Waals surface area contributed by atoms with E-state index >= 15 is 0 Å². The molecule has 1 fully saturated rings. The molecule has 32 heavy (non-hydrogen) atoms. The fourth-order valence-electron chi connectivity index (χ4n) is 3.10. The van der Waals surface area contributed by atoms with Crippen LogP contribution in [0.5, 0.6) is 11.5 Å². The summed E-state index contributed by atoms with van der Waals surface area (Å²) in [6.07, 6.45) is 1.27. The van der Waals surface area contributed by atoms with Crippen LogP contribution in [0.1, 0.15) is 59.6 Å². The fraction of sp³-hybridized carbons (Fsp3) is 0.609. The molecular weight excluding hydrogens is 413 g/mol. The zero-order valence-electron chi connectivity index (χ0n) is 20.6. The van der Waals surface area contributed by atoms with E-state index in [0.717, 1.165) is 0 Å². The highest BCUT2D eigenvalue weighted by Gasteiger charge is 2.52. The summed E-state index contributed by atoms with van der Waals surface area (Å²) in [5.74, 6) is 1.03. The van der Waals surface area contributed by atoms with Crippen molar-refractivity contribution in [3.05, 3.63) is 28.7 Å². The molecule has 0 saturated carbocycles. The Balaban J connectivity index is 2.47. The average Bonchev–Trinajstić information content (AvgIpc) is 2.90. The molecule has 9 heteroatoms. The maximum absolute atomic E-state index is 12.3. The molecule has 1 aliphatic heterocycles. The number of ether oxygens (including phenoxy) is 3. The molecular formula is C23H36BNO7. The van der Waals surface area contributed by atoms with Crippen molar-refractivity contribution in [2.75, 3.05) is 20.8 Å². The van der Waals surface area contributed by atoms with Gasteiger partial charge >= 0.3 is 13.2 Å². The number of hydrogen-bond acceptors (Lipinski definition) is 7. The summed E-state index contributed by atoms with van der Waals surface area (Å²) in [6.45, 7) is 13.2. The first kappa shape index (κ1) is 26.0. The second-order valence-electron chi connectivity index (χ2n) is 9.74. The lowest BCUT2D eigenvalue weighted by molar-refractivity contribution is 0.00578. The fourth-order valence-corrected chi connectivity index (χ4v) is 3.10. The molecule has 1 aromatic rings. The molecule has 0 radical (unpaired) electrons. The first-order valence-corrected chi connectivity index (χ1v) is 10.6. The van der Waals surface area contributed by atoms with Crippen molar-refractivity contribution in [2.45, 2.75) is 71.9 Å². The predicted octanol–water partition coefficient (Wildman–Crippen LogP) is 3.74. The second-order valence-corrected chi connectivity index (χ2v) is 9.74. The van der Waals surface area contributed by atoms with E-state index < -0.39 is 30.0 Å². The Morgan fingerprint density at radius 1 is 1.09 bits per heavy atom. The molecule has 1 saturated heterocycles. The maximum atomic E-state index is 12.3. The molecule has 1 aliphatic rings. The summed E-state index contributed by atoms with van der Waals surface area (Å²) >= 11 is 0. The Labute approximate surface area is 191 Å². The second kappa shape index (κ2) is 9.73. The third-order valence-corrected chi connectivity index (χ3v) is 5.51. The van der Waals surface area contributed by atoms with Gasteiger partial charge in [0.1, 0.15) is 17.1 Å². The largest absolute Gasteiger partial charge is 0.496 e. The lowest BCUT2D eigenvalue weighted by Crippen LogP contribution is -2.41. The summed E-state index contributed by atoms with van der Waals surface area (Å²) in [5.41, 5.74) is 0.214. The zero-order chi connectivity index (χ0) is 24.3. The third kappa shape index (κ3) is 6.18. The Bertz CT molecular complexity index is 817. The van der Waals surface area contributed by atoms with Gasteiger partial charge in [0.05, 0.1) is 37.6 Å². The number of alkyl carbamates (subject to hydrolysis) is 1. The quantitative estimate of drug-likeness (QED) is 0.613. The lowest BCUT2D eigenvalue weighted by Gasteiger charge is -2.32. The number of rotatable bonds is 7. The number of carbonyl (C=O) groups is 1. The van der Waals surface area contributed by atoms with Gasteiger partial charge in [-0.1, -0.05) is 0 Å². The number of aliphatic hydroxyl groups is 1. The van der Waals surface area contributed by atoms with E-state index in [9.17, 15) is 9.90 Å². The van der Waals surface area contributed by atoms with E-state index in [1.807, 2.05) is 33.8 Å². The normalized spacial score (nSPS) is 17.8. The SMILES string of the molecule is COc1cc(CO)cc(OC)c1C=C(CNC(=O)OC(C)(C)C)B1OC(C)(C)C(C)(C)O1. The lowest BCUT2D eigenvalue weighted by atomic mass is 9.76. The van der Waals surface area contributed by atoms with Gasteiger partial charge < -0.3 is 33.9 Å². The summed E-state index contributed by atoms with van der Waals surface area (Å²) in [6, 6.07) is 3.47. The molecule has 0 spiro atoms. The van der Waals surface area contributed by atoms with Gasteiger partial charge in [0.25, 0.3) is 0 Å². The first-order chi connectivity index (χ1) is 14.7. The number of hydrogen-bond donors (Lipinski definition) is 2. The molecule has 8 nitrogen and oxygen atoms in total. The Kier molecular flexibility index (Phi) is 7.91. The molecule has 0 atom stereocenters. The van der Waals surface area contributed by atoms with Crippen LogP contribution in [0.15, 0.2) is 17.6 Å². The molecule has 2 rings (SSSR count). The highest BCUT2D eigenvalue weighted by molar-refractivity contribution is 6.56. The zero-order valence-corrected chi connectivity index (χ0v) is 20.6. The van der Waals surface area contributed by atoms with E-state index in [1.54, 1.807) is 47.1 Å². The predicted molar refractivity (Wildman–Crippen MR) is 124 cm³/mol. The summed E-state index contributed by atoms with van der Waals surface area (Å²) in [4.78, 5) is 12.3. The topological polar surface area (TPSA) is 95.5 Å². The molecule has 0 aliphatic carbocycles. The van der Waals surface area contributed by atoms with Gasteiger partial charge in [0.15, 0.2) is 0 Å². The Morgan fingerprint density at radius 2 is 1.59 bits per heavy atom. The molecule has 178 valence electrons. The van der Waals surface area contributed by atoms with Crippen LogP contribution in [0.2, 0.25) is 0 Å². The number of methoxy groups -OCH3 is 2. The number of carbonyl (C=O) groups excluding carboxylic acids is 1. The van der Waals surface area contributed by atoms with Crippen molar-refractivity contribution in [3.63, 3.8) is 0 Å². The molecule has 0 bridgehead atoms. The van der Waals surface area contributed by atoms with Gasteiger partial charge in [-0.3, -0.25) is 0 Å². The van der Waals surface area contributed by atoms with Crippen LogP contribution in [0, 0.1) is 0 Å². The third-order valence-electron chi connectivity index (χ3n) is 5.51. The average molecular weight is 449 g/mol. The molecule has 0 aromatic heterocycles. The Hall–Kier alpha value is -2.23. The minimum atomic E-state index is -0.707. The minimum absolute atomic E-state index is 0.125. The van der Waals surface area contributed by atoms with Crippen LogP contribution in [-0.2, 0) is 20.7 Å². The van der Waals surface area contributed by atoms with Crippen molar-refractivity contribution >= 4 is 19.3 Å². The number of nitrogens with one attached hydrogen (secondary N) is 1. The van der Waals surface area contributed by atoms with Gasteiger partial charge in [-0.05, 0) is 77.7 Å². The van der Waals surface area contributed by atoms with Gasteiger partial charge in [-0.25, -0.2) is 4.79 Å². The van der Waals surface area contributed by atoms with Crippen LogP contribution in [-0.4, -0.2) is 55.9 Å². The van der Waals surface area contributed by atoms with Gasteiger partial charge in [0, 0.05) is 6.54 Å². The van der Waals surface area contributed by atoms with Crippen molar-refractivity contribution in [2.24, 2.45) is 0 Å². The standard InChI is InChI=1S/C23H36BNO7/c1-21(2,3)30-20(27)25-13-16(24-31-22(4,5)23(6,7)32-24)12-17-18(28-8)10-15(14-26)11-19(17)29-9/h10-12,26H,13-14H2,1-9H3,(H,25,27). The maximum Gasteiger partial charge on any atom is 0.492 e. The van der Waals surface area contributed by atoms with Crippen LogP contribution >= 0.6 is 0 Å². The summed E-state index contributed by atoms with van der Waals surface area (Å²) < 4.78 is 28.9. The highest BCUT2D eigenvalue weighted by Crippen LogP contribution is 2.40. The van der Waals surface area contributed by atoms with E-state index in [1.165, 1.54) is 0 Å². The highest BCUT2D eigenvalue weighted by atomic mass is 16.7. The number of aliphatic hydroxyl groups excluding tert-OH is 1. The molecule has 0 unspecified atom stereocenters. The summed E-state index contributed by atoms with van der Waals surface area (Å²) in [7, 11) is 2.38. The molecule has 1 amide bonds. The van der Waals surface area contributed by atoms with Crippen molar-refractivity contribution in [1.29, 1.82) is 0 Å². The van der Waals surface area contributed by atoms with Crippen LogP contribution < -0.4 is 14.8 Å². The Morgan fingerprint density at radius 3 is 2.00 bits per heavy atom. The molecule has 1 heterocycles.